The molecule has 0 fully saturated rings. The zero-order valence-electron chi connectivity index (χ0n) is 12.5. The van der Waals surface area contributed by atoms with Gasteiger partial charge in [-0.25, -0.2) is 0 Å². The number of rotatable bonds is 2. The Hall–Kier alpha value is -2.55. The summed E-state index contributed by atoms with van der Waals surface area (Å²) in [5, 5.41) is 1.68. The van der Waals surface area contributed by atoms with Crippen molar-refractivity contribution in [1.82, 2.24) is 4.57 Å². The van der Waals surface area contributed by atoms with E-state index in [4.69, 9.17) is 4.74 Å². The molecule has 108 valence electrons. The van der Waals surface area contributed by atoms with E-state index in [1.807, 2.05) is 68.4 Å². The second kappa shape index (κ2) is 6.75. The third-order valence-corrected chi connectivity index (χ3v) is 3.16. The monoisotopic (exact) mass is 281 g/mol. The van der Waals surface area contributed by atoms with Gasteiger partial charge in [0, 0.05) is 17.3 Å². The van der Waals surface area contributed by atoms with E-state index in [1.165, 1.54) is 0 Å². The van der Waals surface area contributed by atoms with Crippen molar-refractivity contribution in [2.75, 3.05) is 7.11 Å². The lowest BCUT2D eigenvalue weighted by Crippen LogP contribution is -2.17. The number of hydrogen-bond donors (Lipinski definition) is 0. The number of benzene rings is 2. The minimum Gasteiger partial charge on any atom is -0.497 e. The molecule has 0 amide bonds. The maximum Gasteiger partial charge on any atom is 0.262 e. The number of ether oxygens (including phenoxy) is 1. The standard InChI is InChI=1S/C16H13NO2.C2H6/c1-19-14-8-6-13(7-9-14)17-11-10-12-4-2-3-5-15(12)16(17)18;1-2/h2-11H,1H3;1-2H3. The highest BCUT2D eigenvalue weighted by atomic mass is 16.5. The molecule has 3 nitrogen and oxygen atoms in total. The van der Waals surface area contributed by atoms with Gasteiger partial charge in [-0.05, 0) is 41.8 Å². The van der Waals surface area contributed by atoms with E-state index in [-0.39, 0.29) is 5.56 Å². The van der Waals surface area contributed by atoms with Crippen LogP contribution in [0.5, 0.6) is 5.75 Å². The molecule has 3 rings (SSSR count). The van der Waals surface area contributed by atoms with Gasteiger partial charge in [0.05, 0.1) is 7.11 Å². The lowest BCUT2D eigenvalue weighted by atomic mass is 10.2. The number of hydrogen-bond acceptors (Lipinski definition) is 2. The first kappa shape index (κ1) is 14.9. The van der Waals surface area contributed by atoms with Crippen LogP contribution in [0, 0.1) is 0 Å². The van der Waals surface area contributed by atoms with E-state index >= 15 is 0 Å². The van der Waals surface area contributed by atoms with Crippen molar-refractivity contribution in [3.63, 3.8) is 0 Å². The minimum atomic E-state index is -0.0109. The van der Waals surface area contributed by atoms with E-state index in [1.54, 1.807) is 17.9 Å². The lowest BCUT2D eigenvalue weighted by Gasteiger charge is -2.08. The Morgan fingerprint density at radius 1 is 0.905 bits per heavy atom. The van der Waals surface area contributed by atoms with Crippen LogP contribution in [-0.2, 0) is 0 Å². The second-order valence-electron chi connectivity index (χ2n) is 4.28. The molecule has 0 aliphatic rings. The Balaban J connectivity index is 0.000000774. The first-order valence-electron chi connectivity index (χ1n) is 7.04. The largest absolute Gasteiger partial charge is 0.497 e. The van der Waals surface area contributed by atoms with Crippen LogP contribution in [0.1, 0.15) is 13.8 Å². The molecule has 0 radical (unpaired) electrons. The Bertz CT molecular complexity index is 773. The molecule has 0 spiro atoms. The molecule has 0 saturated carbocycles. The number of fused-ring (bicyclic) bond motifs is 1. The highest BCUT2D eigenvalue weighted by Crippen LogP contribution is 2.15. The zero-order valence-corrected chi connectivity index (χ0v) is 12.5. The van der Waals surface area contributed by atoms with Crippen molar-refractivity contribution in [2.45, 2.75) is 13.8 Å². The van der Waals surface area contributed by atoms with E-state index < -0.39 is 0 Å². The maximum atomic E-state index is 12.4. The molecule has 0 unspecified atom stereocenters. The predicted octanol–water partition coefficient (Wildman–Crippen LogP) is 4.03. The van der Waals surface area contributed by atoms with E-state index in [0.717, 1.165) is 22.2 Å². The molecule has 3 heteroatoms. The molecule has 0 aliphatic heterocycles. The molecular weight excluding hydrogens is 262 g/mol. The summed E-state index contributed by atoms with van der Waals surface area (Å²) >= 11 is 0. The number of methoxy groups -OCH3 is 1. The maximum absolute atomic E-state index is 12.4. The number of nitrogens with zero attached hydrogens (tertiary/aromatic N) is 1. The smallest absolute Gasteiger partial charge is 0.262 e. The van der Waals surface area contributed by atoms with Gasteiger partial charge in [-0.2, -0.15) is 0 Å². The van der Waals surface area contributed by atoms with Crippen molar-refractivity contribution >= 4 is 10.8 Å². The molecular formula is C18H19NO2. The zero-order chi connectivity index (χ0) is 15.2. The van der Waals surface area contributed by atoms with Gasteiger partial charge in [0.1, 0.15) is 5.75 Å². The van der Waals surface area contributed by atoms with Gasteiger partial charge >= 0.3 is 0 Å². The fourth-order valence-corrected chi connectivity index (χ4v) is 2.14. The molecule has 2 aromatic carbocycles. The van der Waals surface area contributed by atoms with Crippen molar-refractivity contribution in [1.29, 1.82) is 0 Å². The van der Waals surface area contributed by atoms with Gasteiger partial charge in [-0.1, -0.05) is 32.0 Å². The summed E-state index contributed by atoms with van der Waals surface area (Å²) in [5.74, 6) is 0.776. The Labute approximate surface area is 124 Å². The quantitative estimate of drug-likeness (QED) is 0.710. The molecule has 0 N–H and O–H groups in total. The Morgan fingerprint density at radius 3 is 2.24 bits per heavy atom. The van der Waals surface area contributed by atoms with Crippen molar-refractivity contribution < 1.29 is 4.74 Å². The molecule has 1 aromatic heterocycles. The van der Waals surface area contributed by atoms with E-state index in [9.17, 15) is 4.79 Å². The summed E-state index contributed by atoms with van der Waals surface area (Å²) in [6.07, 6.45) is 1.80. The summed E-state index contributed by atoms with van der Waals surface area (Å²) in [5.41, 5.74) is 0.819. The number of aromatic nitrogens is 1. The highest BCUT2D eigenvalue weighted by Gasteiger charge is 2.04. The van der Waals surface area contributed by atoms with Gasteiger partial charge in [0.15, 0.2) is 0 Å². The average Bonchev–Trinajstić information content (AvgIpc) is 2.57. The summed E-state index contributed by atoms with van der Waals surface area (Å²) in [6.45, 7) is 4.00. The van der Waals surface area contributed by atoms with E-state index in [0.29, 0.717) is 0 Å². The van der Waals surface area contributed by atoms with Crippen LogP contribution in [0.2, 0.25) is 0 Å². The molecule has 0 atom stereocenters. The van der Waals surface area contributed by atoms with Crippen LogP contribution in [0.4, 0.5) is 0 Å². The third-order valence-electron chi connectivity index (χ3n) is 3.16. The SMILES string of the molecule is CC.COc1ccc(-n2ccc3ccccc3c2=O)cc1. The number of pyridine rings is 1. The first-order chi connectivity index (χ1) is 10.3. The normalized spacial score (nSPS) is 9.86. The van der Waals surface area contributed by atoms with Gasteiger partial charge in [-0.15, -0.1) is 0 Å². The average molecular weight is 281 g/mol. The fraction of sp³-hybridized carbons (Fsp3) is 0.167. The Morgan fingerprint density at radius 2 is 1.57 bits per heavy atom. The van der Waals surface area contributed by atoms with Crippen molar-refractivity contribution in [2.24, 2.45) is 0 Å². The van der Waals surface area contributed by atoms with Crippen LogP contribution in [0.25, 0.3) is 16.5 Å². The van der Waals surface area contributed by atoms with Crippen LogP contribution < -0.4 is 10.3 Å². The summed E-state index contributed by atoms with van der Waals surface area (Å²) in [4.78, 5) is 12.4. The van der Waals surface area contributed by atoms with Crippen LogP contribution in [-0.4, -0.2) is 11.7 Å². The molecule has 3 aromatic rings. The summed E-state index contributed by atoms with van der Waals surface area (Å²) < 4.78 is 6.76. The lowest BCUT2D eigenvalue weighted by molar-refractivity contribution is 0.414. The van der Waals surface area contributed by atoms with Crippen LogP contribution in [0.3, 0.4) is 0 Å². The minimum absolute atomic E-state index is 0.0109. The van der Waals surface area contributed by atoms with Crippen molar-refractivity contribution in [3.8, 4) is 11.4 Å². The van der Waals surface area contributed by atoms with Crippen LogP contribution >= 0.6 is 0 Å². The topological polar surface area (TPSA) is 31.2 Å². The summed E-state index contributed by atoms with van der Waals surface area (Å²) in [7, 11) is 1.62. The third kappa shape index (κ3) is 2.97. The molecule has 0 saturated heterocycles. The molecule has 21 heavy (non-hydrogen) atoms. The Kier molecular flexibility index (Phi) is 4.77. The molecule has 0 aliphatic carbocycles. The van der Waals surface area contributed by atoms with Gasteiger partial charge in [0.25, 0.3) is 5.56 Å². The van der Waals surface area contributed by atoms with Gasteiger partial charge in [0.2, 0.25) is 0 Å². The predicted molar refractivity (Wildman–Crippen MR) is 87.4 cm³/mol. The van der Waals surface area contributed by atoms with E-state index in [2.05, 4.69) is 0 Å². The molecule has 1 heterocycles. The van der Waals surface area contributed by atoms with Gasteiger partial charge < -0.3 is 4.74 Å². The van der Waals surface area contributed by atoms with Crippen LogP contribution in [0.15, 0.2) is 65.6 Å². The van der Waals surface area contributed by atoms with Crippen molar-refractivity contribution in [3.05, 3.63) is 71.1 Å². The first-order valence-corrected chi connectivity index (χ1v) is 7.04. The van der Waals surface area contributed by atoms with Gasteiger partial charge in [-0.3, -0.25) is 9.36 Å². The highest BCUT2D eigenvalue weighted by molar-refractivity contribution is 5.81. The summed E-state index contributed by atoms with van der Waals surface area (Å²) in [6, 6.07) is 17.0. The molecule has 0 bridgehead atoms. The fourth-order valence-electron chi connectivity index (χ4n) is 2.14. The second-order valence-corrected chi connectivity index (χ2v) is 4.28.